The van der Waals surface area contributed by atoms with Gasteiger partial charge >= 0.3 is 16.3 Å². The molecule has 0 bridgehead atoms. The number of allylic oxidation sites excluding steroid dienone is 1. The van der Waals surface area contributed by atoms with E-state index in [0.717, 1.165) is 56.1 Å². The van der Waals surface area contributed by atoms with Crippen molar-refractivity contribution in [2.75, 3.05) is 13.2 Å². The van der Waals surface area contributed by atoms with E-state index in [-0.39, 0.29) is 23.2 Å². The van der Waals surface area contributed by atoms with E-state index >= 15 is 0 Å². The number of aryl methyl sites for hydroxylation is 1. The van der Waals surface area contributed by atoms with Crippen LogP contribution in [0.3, 0.4) is 0 Å². The molecule has 1 saturated heterocycles. The van der Waals surface area contributed by atoms with E-state index in [1.165, 1.54) is 5.56 Å². The van der Waals surface area contributed by atoms with Crippen molar-refractivity contribution >= 4 is 16.3 Å². The van der Waals surface area contributed by atoms with E-state index in [1.54, 1.807) is 6.07 Å². The molecule has 1 aliphatic heterocycles. The Balaban J connectivity index is 1.32. The second-order valence-electron chi connectivity index (χ2n) is 9.88. The number of hydrogen-bond acceptors (Lipinski definition) is 6. The summed E-state index contributed by atoms with van der Waals surface area (Å²) in [6, 6.07) is 5.51. The maximum absolute atomic E-state index is 13.1. The van der Waals surface area contributed by atoms with Gasteiger partial charge in [-0.15, -0.1) is 0 Å². The fourth-order valence-corrected chi connectivity index (χ4v) is 7.01. The Bertz CT molecular complexity index is 1040. The first kappa shape index (κ1) is 21.9. The highest BCUT2D eigenvalue weighted by Crippen LogP contribution is 2.61. The molecule has 4 aliphatic rings. The molecule has 2 N–H and O–H groups in total. The van der Waals surface area contributed by atoms with Crippen LogP contribution in [0.1, 0.15) is 62.5 Å². The summed E-state index contributed by atoms with van der Waals surface area (Å²) in [5.74, 6) is 1.47. The second-order valence-corrected chi connectivity index (χ2v) is 11.0. The highest BCUT2D eigenvalue weighted by Gasteiger charge is 2.53. The molecule has 0 radical (unpaired) electrons. The monoisotopic (exact) mass is 461 g/mol. The van der Waals surface area contributed by atoms with Gasteiger partial charge in [0.15, 0.2) is 0 Å². The summed E-state index contributed by atoms with van der Waals surface area (Å²) in [5, 5.41) is 5.02. The maximum atomic E-state index is 13.1. The Morgan fingerprint density at radius 2 is 1.97 bits per heavy atom. The minimum Gasteiger partial charge on any atom is -0.459 e. The Labute approximate surface area is 189 Å². The van der Waals surface area contributed by atoms with E-state index in [9.17, 15) is 13.2 Å². The molecule has 5 rings (SSSR count). The van der Waals surface area contributed by atoms with Crippen LogP contribution in [-0.4, -0.2) is 33.7 Å². The van der Waals surface area contributed by atoms with Crippen LogP contribution >= 0.6 is 0 Å². The Morgan fingerprint density at radius 1 is 1.19 bits per heavy atom. The maximum Gasteiger partial charge on any atom is 0.380 e. The zero-order chi connectivity index (χ0) is 22.5. The lowest BCUT2D eigenvalue weighted by Crippen LogP contribution is -2.43. The van der Waals surface area contributed by atoms with Crippen LogP contribution in [0, 0.1) is 17.3 Å². The normalized spacial score (nSPS) is 32.3. The molecule has 2 fully saturated rings. The molecule has 0 aromatic heterocycles. The Hall–Kier alpha value is -1.90. The van der Waals surface area contributed by atoms with Gasteiger partial charge in [0.1, 0.15) is 11.9 Å². The minimum atomic E-state index is -4.03. The van der Waals surface area contributed by atoms with Gasteiger partial charge in [-0.2, -0.15) is 13.6 Å². The molecular weight excluding hydrogens is 430 g/mol. The third-order valence-electron chi connectivity index (χ3n) is 8.15. The van der Waals surface area contributed by atoms with Crippen LogP contribution in [0.15, 0.2) is 29.8 Å². The molecule has 4 atom stereocenters. The molecule has 1 heterocycles. The summed E-state index contributed by atoms with van der Waals surface area (Å²) in [7, 11) is -4.03. The number of ether oxygens (including phenoxy) is 2. The van der Waals surface area contributed by atoms with Crippen molar-refractivity contribution in [2.45, 2.75) is 63.9 Å². The van der Waals surface area contributed by atoms with Crippen LogP contribution in [0.2, 0.25) is 0 Å². The molecule has 0 spiro atoms. The largest absolute Gasteiger partial charge is 0.459 e. The summed E-state index contributed by atoms with van der Waals surface area (Å²) in [6.07, 6.45) is 8.40. The molecule has 1 saturated carbocycles. The topological polar surface area (TPSA) is 105 Å². The highest BCUT2D eigenvalue weighted by molar-refractivity contribution is 7.84. The quantitative estimate of drug-likeness (QED) is 0.689. The number of carbonyl (C=O) groups is 1. The summed E-state index contributed by atoms with van der Waals surface area (Å²) in [6.45, 7) is 3.56. The van der Waals surface area contributed by atoms with Gasteiger partial charge in [0.05, 0.1) is 13.2 Å². The number of hydrogen-bond donors (Lipinski definition) is 1. The van der Waals surface area contributed by atoms with Crippen LogP contribution in [-0.2, 0) is 31.0 Å². The van der Waals surface area contributed by atoms with Crippen molar-refractivity contribution in [2.24, 2.45) is 22.4 Å². The van der Waals surface area contributed by atoms with Gasteiger partial charge in [-0.1, -0.05) is 19.1 Å². The molecule has 8 heteroatoms. The van der Waals surface area contributed by atoms with E-state index in [0.29, 0.717) is 31.0 Å². The predicted molar refractivity (Wildman–Crippen MR) is 118 cm³/mol. The van der Waals surface area contributed by atoms with Crippen molar-refractivity contribution in [3.8, 4) is 5.75 Å². The fourth-order valence-electron chi connectivity index (χ4n) is 6.64. The summed E-state index contributed by atoms with van der Waals surface area (Å²) < 4.78 is 38.7. The van der Waals surface area contributed by atoms with Crippen molar-refractivity contribution in [1.82, 2.24) is 0 Å². The lowest BCUT2D eigenvalue weighted by Gasteiger charge is -2.50. The first-order valence-corrected chi connectivity index (χ1v) is 13.1. The third-order valence-corrected chi connectivity index (χ3v) is 8.58. The van der Waals surface area contributed by atoms with E-state index < -0.39 is 10.3 Å². The van der Waals surface area contributed by atoms with Crippen LogP contribution in [0.5, 0.6) is 5.75 Å². The van der Waals surface area contributed by atoms with Crippen LogP contribution in [0.4, 0.5) is 0 Å². The van der Waals surface area contributed by atoms with Gasteiger partial charge in [0.2, 0.25) is 0 Å². The fraction of sp³-hybridized carbons (Fsp3) is 0.625. The van der Waals surface area contributed by atoms with E-state index in [4.69, 9.17) is 18.8 Å². The van der Waals surface area contributed by atoms with E-state index in [1.807, 2.05) is 12.1 Å². The number of fused-ring (bicyclic) bond motifs is 5. The van der Waals surface area contributed by atoms with Crippen LogP contribution < -0.4 is 9.32 Å². The number of carbonyl (C=O) groups excluding carboxylic acids is 1. The molecule has 32 heavy (non-hydrogen) atoms. The molecule has 0 amide bonds. The van der Waals surface area contributed by atoms with Crippen molar-refractivity contribution in [1.29, 1.82) is 0 Å². The van der Waals surface area contributed by atoms with Gasteiger partial charge in [-0.25, -0.2) is 4.79 Å². The summed E-state index contributed by atoms with van der Waals surface area (Å²) in [5.41, 5.74) is 3.15. The molecule has 1 aromatic carbocycles. The van der Waals surface area contributed by atoms with Crippen molar-refractivity contribution in [3.05, 3.63) is 41.0 Å². The average molecular weight is 462 g/mol. The minimum absolute atomic E-state index is 0.0357. The summed E-state index contributed by atoms with van der Waals surface area (Å²) >= 11 is 0. The summed E-state index contributed by atoms with van der Waals surface area (Å²) in [4.78, 5) is 13.1. The molecular formula is C24H31NO6S. The zero-order valence-electron chi connectivity index (χ0n) is 18.4. The van der Waals surface area contributed by atoms with E-state index in [2.05, 4.69) is 13.0 Å². The number of benzene rings is 1. The smallest absolute Gasteiger partial charge is 0.380 e. The molecule has 3 aliphatic carbocycles. The number of nitrogens with two attached hydrogens (primary N) is 1. The number of rotatable bonds is 4. The van der Waals surface area contributed by atoms with Gasteiger partial charge in [0, 0.05) is 23.8 Å². The average Bonchev–Trinajstić information content (AvgIpc) is 3.10. The molecule has 1 aromatic rings. The molecule has 7 nitrogen and oxygen atoms in total. The Morgan fingerprint density at radius 3 is 2.72 bits per heavy atom. The standard InChI is InChI=1S/C24H31NO6S/c1-24-11-8-19-18-5-3-17(31-32(25,27)28)14-15(18)2-4-20(19)21(24)6-7-22(24)23(26)30-16-9-12-29-13-10-16/h3,5,7,14,16,19-21H,2,4,6,8-13H2,1H3,(H2,25,27,28). The Kier molecular flexibility index (Phi) is 5.58. The predicted octanol–water partition coefficient (Wildman–Crippen LogP) is 3.38. The lowest BCUT2D eigenvalue weighted by molar-refractivity contribution is -0.150. The van der Waals surface area contributed by atoms with Crippen molar-refractivity contribution < 1.29 is 26.9 Å². The first-order valence-electron chi connectivity index (χ1n) is 11.6. The van der Waals surface area contributed by atoms with Gasteiger partial charge < -0.3 is 13.7 Å². The zero-order valence-corrected chi connectivity index (χ0v) is 19.2. The van der Waals surface area contributed by atoms with Crippen LogP contribution in [0.25, 0.3) is 0 Å². The number of esters is 1. The van der Waals surface area contributed by atoms with Crippen molar-refractivity contribution in [3.63, 3.8) is 0 Å². The van der Waals surface area contributed by atoms with Gasteiger partial charge in [0.25, 0.3) is 0 Å². The van der Waals surface area contributed by atoms with Gasteiger partial charge in [-0.05, 0) is 73.1 Å². The molecule has 4 unspecified atom stereocenters. The third kappa shape index (κ3) is 3.97. The lowest BCUT2D eigenvalue weighted by atomic mass is 9.54. The second kappa shape index (κ2) is 8.15. The highest BCUT2D eigenvalue weighted by atomic mass is 32.2. The van der Waals surface area contributed by atoms with Gasteiger partial charge in [-0.3, -0.25) is 0 Å². The first-order chi connectivity index (χ1) is 15.2. The SMILES string of the molecule is CC12CCC3c4ccc(OS(N)(=O)=O)cc4CCC3C1CC=C2C(=O)OC1CCOCC1. The molecule has 174 valence electrons.